The molecule has 0 amide bonds. The van der Waals surface area contributed by atoms with Crippen LogP contribution in [0.1, 0.15) is 265 Å². The summed E-state index contributed by atoms with van der Waals surface area (Å²) in [6, 6.07) is 0. The van der Waals surface area contributed by atoms with Gasteiger partial charge >= 0.3 is 11.9 Å². The molecule has 0 radical (unpaired) electrons. The van der Waals surface area contributed by atoms with Gasteiger partial charge in [-0.1, -0.05) is 223 Å². The lowest BCUT2D eigenvalue weighted by molar-refractivity contribution is -0.163. The Balaban J connectivity index is 4.25. The van der Waals surface area contributed by atoms with Crippen LogP contribution in [0.2, 0.25) is 0 Å². The third-order valence-electron chi connectivity index (χ3n) is 11.3. The van der Waals surface area contributed by atoms with Crippen LogP contribution in [0.5, 0.6) is 0 Å². The molecule has 0 heterocycles. The van der Waals surface area contributed by atoms with Gasteiger partial charge in [0.1, 0.15) is 6.61 Å². The Kier molecular flexibility index (Phi) is 49.4. The second kappa shape index (κ2) is 51.2. The van der Waals surface area contributed by atoms with Gasteiger partial charge < -0.3 is 14.2 Å². The Morgan fingerprint density at radius 3 is 1.22 bits per heavy atom. The van der Waals surface area contributed by atoms with Crippen molar-refractivity contribution in [2.24, 2.45) is 0 Å². The van der Waals surface area contributed by atoms with Crippen LogP contribution in [-0.4, -0.2) is 37.9 Å². The Hall–Kier alpha value is -2.14. The summed E-state index contributed by atoms with van der Waals surface area (Å²) < 4.78 is 17.4. The highest BCUT2D eigenvalue weighted by Crippen LogP contribution is 2.15. The van der Waals surface area contributed by atoms with Gasteiger partial charge in [0.2, 0.25) is 0 Å². The van der Waals surface area contributed by atoms with E-state index in [1.807, 2.05) is 0 Å². The number of hydrogen-bond donors (Lipinski definition) is 0. The molecule has 0 saturated carbocycles. The molecule has 0 spiro atoms. The number of allylic oxidation sites excluding steroid dienone is 8. The number of carbonyl (C=O) groups is 2. The predicted octanol–water partition coefficient (Wildman–Crippen LogP) is 17.6. The highest BCUT2D eigenvalue weighted by atomic mass is 16.6. The van der Waals surface area contributed by atoms with E-state index in [0.29, 0.717) is 19.4 Å². The van der Waals surface area contributed by atoms with Crippen LogP contribution in [0.3, 0.4) is 0 Å². The second-order valence-electron chi connectivity index (χ2n) is 17.4. The minimum Gasteiger partial charge on any atom is -0.462 e. The van der Waals surface area contributed by atoms with Crippen LogP contribution in [0, 0.1) is 0 Å². The molecule has 0 fully saturated rings. The summed E-state index contributed by atoms with van der Waals surface area (Å²) in [5.74, 6) is -0.407. The zero-order valence-electron chi connectivity index (χ0n) is 40.2. The molecule has 60 heavy (non-hydrogen) atoms. The fraction of sp³-hybridized carbons (Fsp3) is 0.818. The monoisotopic (exact) mass is 841 g/mol. The summed E-state index contributed by atoms with van der Waals surface area (Å²) in [6.45, 7) is 7.73. The van der Waals surface area contributed by atoms with E-state index in [-0.39, 0.29) is 25.2 Å². The lowest BCUT2D eigenvalue weighted by atomic mass is 10.1. The molecular formula is C55H100O5. The molecule has 1 unspecified atom stereocenters. The number of unbranched alkanes of at least 4 members (excludes halogenated alkanes) is 29. The lowest BCUT2D eigenvalue weighted by Crippen LogP contribution is -2.30. The SMILES string of the molecule is CC/C=C\C/C=C\C/C=C\CCCCCCCCCC(=O)OCC(COCCCCCCCCCCCCCC)OC(=O)CCCCCCC/C=C\CCCCCCCC. The number of esters is 2. The third-order valence-corrected chi connectivity index (χ3v) is 11.3. The van der Waals surface area contributed by atoms with Gasteiger partial charge in [0.15, 0.2) is 6.10 Å². The molecule has 5 nitrogen and oxygen atoms in total. The van der Waals surface area contributed by atoms with Gasteiger partial charge in [-0.2, -0.15) is 0 Å². The van der Waals surface area contributed by atoms with Crippen LogP contribution in [0.25, 0.3) is 0 Å². The van der Waals surface area contributed by atoms with Gasteiger partial charge in [-0.3, -0.25) is 9.59 Å². The van der Waals surface area contributed by atoms with Gasteiger partial charge in [0, 0.05) is 19.4 Å². The molecular weight excluding hydrogens is 741 g/mol. The quantitative estimate of drug-likeness (QED) is 0.0347. The van der Waals surface area contributed by atoms with E-state index in [9.17, 15) is 9.59 Å². The van der Waals surface area contributed by atoms with Crippen molar-refractivity contribution in [2.75, 3.05) is 19.8 Å². The van der Waals surface area contributed by atoms with E-state index >= 15 is 0 Å². The van der Waals surface area contributed by atoms with E-state index in [1.54, 1.807) is 0 Å². The average molecular weight is 841 g/mol. The molecule has 0 aliphatic carbocycles. The Morgan fingerprint density at radius 1 is 0.383 bits per heavy atom. The maximum atomic E-state index is 12.8. The van der Waals surface area contributed by atoms with Crippen LogP contribution in [0.4, 0.5) is 0 Å². The van der Waals surface area contributed by atoms with E-state index in [4.69, 9.17) is 14.2 Å². The fourth-order valence-electron chi connectivity index (χ4n) is 7.46. The maximum Gasteiger partial charge on any atom is 0.306 e. The highest BCUT2D eigenvalue weighted by Gasteiger charge is 2.17. The Morgan fingerprint density at radius 2 is 0.750 bits per heavy atom. The number of carbonyl (C=O) groups excluding carboxylic acids is 2. The molecule has 0 aliphatic heterocycles. The molecule has 1 atom stereocenters. The molecule has 0 bridgehead atoms. The van der Waals surface area contributed by atoms with Crippen molar-refractivity contribution in [3.63, 3.8) is 0 Å². The van der Waals surface area contributed by atoms with Crippen molar-refractivity contribution < 1.29 is 23.8 Å². The Bertz CT molecular complexity index is 997. The summed E-state index contributed by atoms with van der Waals surface area (Å²) in [4.78, 5) is 25.4. The zero-order chi connectivity index (χ0) is 43.5. The third kappa shape index (κ3) is 48.5. The standard InChI is InChI=1S/C55H100O5/c1-4-7-10-13-16-19-22-25-27-28-30-31-33-36-39-42-45-48-54(56)59-52-53(51-58-50-47-44-41-38-35-24-21-18-15-12-9-6-3)60-55(57)49-46-43-40-37-34-32-29-26-23-20-17-14-11-8-5-2/h7,10,16,19,25-27,29,53H,4-6,8-9,11-15,17-18,20-24,28,30-52H2,1-3H3/b10-7-,19-16-,27-25-,29-26-. The van der Waals surface area contributed by atoms with Crippen molar-refractivity contribution in [2.45, 2.75) is 271 Å². The molecule has 0 N–H and O–H groups in total. The molecule has 0 saturated heterocycles. The van der Waals surface area contributed by atoms with Crippen LogP contribution < -0.4 is 0 Å². The number of hydrogen-bond acceptors (Lipinski definition) is 5. The lowest BCUT2D eigenvalue weighted by Gasteiger charge is -2.18. The highest BCUT2D eigenvalue weighted by molar-refractivity contribution is 5.70. The molecule has 0 aliphatic rings. The largest absolute Gasteiger partial charge is 0.462 e. The van der Waals surface area contributed by atoms with Crippen molar-refractivity contribution in [3.8, 4) is 0 Å². The first-order valence-electron chi connectivity index (χ1n) is 26.2. The van der Waals surface area contributed by atoms with Gasteiger partial charge in [-0.15, -0.1) is 0 Å². The fourth-order valence-corrected chi connectivity index (χ4v) is 7.46. The van der Waals surface area contributed by atoms with E-state index < -0.39 is 6.10 Å². The Labute approximate surface area is 373 Å². The normalized spacial score (nSPS) is 12.5. The van der Waals surface area contributed by atoms with Crippen LogP contribution in [0.15, 0.2) is 48.6 Å². The maximum absolute atomic E-state index is 12.8. The van der Waals surface area contributed by atoms with Gasteiger partial charge in [-0.25, -0.2) is 0 Å². The summed E-state index contributed by atoms with van der Waals surface area (Å²) >= 11 is 0. The first-order chi connectivity index (χ1) is 29.6. The second-order valence-corrected chi connectivity index (χ2v) is 17.4. The van der Waals surface area contributed by atoms with Crippen molar-refractivity contribution >= 4 is 11.9 Å². The summed E-state index contributed by atoms with van der Waals surface area (Å²) in [7, 11) is 0. The molecule has 0 aromatic carbocycles. The summed E-state index contributed by atoms with van der Waals surface area (Å²) in [6.07, 6.45) is 62.6. The summed E-state index contributed by atoms with van der Waals surface area (Å²) in [5.41, 5.74) is 0. The molecule has 350 valence electrons. The topological polar surface area (TPSA) is 61.8 Å². The van der Waals surface area contributed by atoms with Crippen molar-refractivity contribution in [3.05, 3.63) is 48.6 Å². The minimum absolute atomic E-state index is 0.0798. The molecule has 5 heteroatoms. The minimum atomic E-state index is -0.541. The van der Waals surface area contributed by atoms with Crippen LogP contribution in [-0.2, 0) is 23.8 Å². The molecule has 0 rings (SSSR count). The first kappa shape index (κ1) is 57.9. The van der Waals surface area contributed by atoms with E-state index in [1.165, 1.54) is 154 Å². The number of rotatable bonds is 48. The van der Waals surface area contributed by atoms with Gasteiger partial charge in [0.05, 0.1) is 6.61 Å². The van der Waals surface area contributed by atoms with E-state index in [0.717, 1.165) is 77.0 Å². The van der Waals surface area contributed by atoms with Gasteiger partial charge in [0.25, 0.3) is 0 Å². The molecule has 0 aromatic heterocycles. The van der Waals surface area contributed by atoms with E-state index in [2.05, 4.69) is 69.4 Å². The van der Waals surface area contributed by atoms with Gasteiger partial charge in [-0.05, 0) is 77.0 Å². The van der Waals surface area contributed by atoms with Crippen molar-refractivity contribution in [1.82, 2.24) is 0 Å². The van der Waals surface area contributed by atoms with Crippen molar-refractivity contribution in [1.29, 1.82) is 0 Å². The molecule has 0 aromatic rings. The predicted molar refractivity (Wildman–Crippen MR) is 261 cm³/mol. The smallest absolute Gasteiger partial charge is 0.306 e. The van der Waals surface area contributed by atoms with Crippen LogP contribution >= 0.6 is 0 Å². The summed E-state index contributed by atoms with van der Waals surface area (Å²) in [5, 5.41) is 0. The average Bonchev–Trinajstić information content (AvgIpc) is 3.25. The number of ether oxygens (including phenoxy) is 3. The first-order valence-corrected chi connectivity index (χ1v) is 26.2. The zero-order valence-corrected chi connectivity index (χ0v) is 40.2.